The first-order valence-electron chi connectivity index (χ1n) is 8.62. The Hall–Kier alpha value is -2.05. The van der Waals surface area contributed by atoms with Gasteiger partial charge in [-0.1, -0.05) is 11.8 Å². The molecule has 0 bridgehead atoms. The van der Waals surface area contributed by atoms with Crippen LogP contribution in [0.1, 0.15) is 0 Å². The third-order valence-electron chi connectivity index (χ3n) is 3.85. The summed E-state index contributed by atoms with van der Waals surface area (Å²) in [5.41, 5.74) is 6.46. The molecule has 1 saturated heterocycles. The number of hydrogen-bond acceptors (Lipinski definition) is 10. The number of fused-ring (bicyclic) bond motifs is 1. The number of β-lactam (4-membered cyclic amide) rings is 1. The largest absolute Gasteiger partial charge is 0.673 e. The highest BCUT2D eigenvalue weighted by Gasteiger charge is 2.51. The Morgan fingerprint density at radius 1 is 1.42 bits per heavy atom. The third kappa shape index (κ3) is 7.25. The van der Waals surface area contributed by atoms with Gasteiger partial charge in [-0.15, -0.1) is 16.9 Å². The number of amides is 1. The van der Waals surface area contributed by atoms with Gasteiger partial charge in [-0.05, 0) is 24.5 Å². The van der Waals surface area contributed by atoms with Crippen molar-refractivity contribution in [1.82, 2.24) is 30.0 Å². The molecule has 2 atom stereocenters. The number of halogens is 4. The van der Waals surface area contributed by atoms with Crippen molar-refractivity contribution in [1.29, 1.82) is 0 Å². The van der Waals surface area contributed by atoms with Gasteiger partial charge in [0, 0.05) is 23.6 Å². The van der Waals surface area contributed by atoms with Crippen molar-refractivity contribution < 1.29 is 36.7 Å². The molecular formula is C13H19BF4N7O4S2-. The molecule has 11 nitrogen and oxygen atoms in total. The number of ether oxygens (including phenoxy) is 1. The number of carbonyl (C=O) groups is 2. The monoisotopic (exact) mass is 488 g/mol. The number of tetrazole rings is 1. The lowest BCUT2D eigenvalue weighted by Gasteiger charge is -2.47. The van der Waals surface area contributed by atoms with Crippen LogP contribution >= 0.6 is 23.5 Å². The second kappa shape index (κ2) is 10.5. The molecule has 174 valence electrons. The molecule has 0 unspecified atom stereocenters. The zero-order chi connectivity index (χ0) is 23.3. The molecule has 3 N–H and O–H groups in total. The van der Waals surface area contributed by atoms with E-state index >= 15 is 0 Å². The van der Waals surface area contributed by atoms with E-state index in [0.29, 0.717) is 28.8 Å². The molecule has 0 radical (unpaired) electrons. The summed E-state index contributed by atoms with van der Waals surface area (Å²) in [5, 5.41) is 21.0. The summed E-state index contributed by atoms with van der Waals surface area (Å²) in [7, 11) is -2.08. The highest BCUT2D eigenvalue weighted by atomic mass is 32.2. The Bertz CT molecular complexity index is 835. The minimum absolute atomic E-state index is 0.0627. The van der Waals surface area contributed by atoms with Gasteiger partial charge in [0.05, 0.1) is 6.54 Å². The Labute approximate surface area is 182 Å². The van der Waals surface area contributed by atoms with Crippen LogP contribution in [-0.2, 0) is 16.1 Å². The topological polar surface area (TPSA) is 140 Å². The first kappa shape index (κ1) is 25.2. The van der Waals surface area contributed by atoms with Gasteiger partial charge in [0.25, 0.3) is 0 Å². The van der Waals surface area contributed by atoms with Crippen LogP contribution in [0.15, 0.2) is 16.6 Å². The molecule has 3 rings (SSSR count). The zero-order valence-electron chi connectivity index (χ0n) is 16.3. The van der Waals surface area contributed by atoms with Crippen molar-refractivity contribution in [3.05, 3.63) is 11.5 Å². The molecule has 1 amide bonds. The summed E-state index contributed by atoms with van der Waals surface area (Å²) in [5.74, 6) is 0.658. The Morgan fingerprint density at radius 3 is 2.65 bits per heavy atom. The number of hydrogen-bond donors (Lipinski definition) is 2. The van der Waals surface area contributed by atoms with Crippen LogP contribution in [0.25, 0.3) is 0 Å². The predicted octanol–water partition coefficient (Wildman–Crippen LogP) is 0.775. The molecule has 18 heteroatoms. The molecule has 1 aromatic heterocycles. The third-order valence-corrected chi connectivity index (χ3v) is 6.26. The first-order valence-corrected chi connectivity index (χ1v) is 10.7. The van der Waals surface area contributed by atoms with Gasteiger partial charge in [-0.3, -0.25) is 9.69 Å². The summed E-state index contributed by atoms with van der Waals surface area (Å²) in [4.78, 5) is 26.4. The van der Waals surface area contributed by atoms with Gasteiger partial charge in [-0.2, -0.15) is 0 Å². The molecule has 0 aromatic carbocycles. The molecule has 0 aliphatic carbocycles. The van der Waals surface area contributed by atoms with Crippen LogP contribution in [0, 0.1) is 0 Å². The minimum atomic E-state index is -6.00. The van der Waals surface area contributed by atoms with Crippen molar-refractivity contribution in [3.8, 4) is 0 Å². The number of likely N-dealkylation sites (N-methyl/N-ethyl adjacent to an activating group) is 1. The Balaban J connectivity index is 0.000000614. The van der Waals surface area contributed by atoms with Gasteiger partial charge in [0.2, 0.25) is 16.9 Å². The van der Waals surface area contributed by atoms with E-state index < -0.39 is 19.5 Å². The number of nitrogens with zero attached hydrogens (tertiary/aromatic N) is 6. The summed E-state index contributed by atoms with van der Waals surface area (Å²) < 4.78 is 45.6. The number of rotatable bonds is 7. The Kier molecular flexibility index (Phi) is 8.55. The second-order valence-electron chi connectivity index (χ2n) is 6.48. The Morgan fingerprint density at radius 2 is 2.06 bits per heavy atom. The summed E-state index contributed by atoms with van der Waals surface area (Å²) in [6.07, 6.45) is -1.46. The van der Waals surface area contributed by atoms with Crippen molar-refractivity contribution >= 4 is 42.8 Å². The van der Waals surface area contributed by atoms with Crippen LogP contribution in [-0.4, -0.2) is 98.0 Å². The molecule has 1 fully saturated rings. The van der Waals surface area contributed by atoms with Crippen molar-refractivity contribution in [2.45, 2.75) is 23.1 Å². The van der Waals surface area contributed by atoms with E-state index in [1.807, 2.05) is 19.0 Å². The zero-order valence-corrected chi connectivity index (χ0v) is 18.0. The fourth-order valence-corrected chi connectivity index (χ4v) is 4.79. The van der Waals surface area contributed by atoms with E-state index in [4.69, 9.17) is 15.6 Å². The SMILES string of the molecule is CN(C)CCn1nnnc1SCC1=C(OC(=O)O)N2C(=O)[C@@H](N)[C@@H]2SC1.F[B-](F)(F)F. The van der Waals surface area contributed by atoms with E-state index in [1.54, 1.807) is 4.68 Å². The standard InChI is InChI=1S/C13H19N7O4S2.BF4/c1-18(2)3-4-19-12(15-16-17-19)26-6-7-5-25-11-8(14)9(21)20(11)10(7)24-13(22)23;2-1(3,4)5/h8,11H,3-6,14H2,1-2H3,(H,22,23);/q;-1/t8-,11+;/m1./s1. The molecule has 3 heterocycles. The maximum atomic E-state index is 12.0. The average molecular weight is 488 g/mol. The lowest BCUT2D eigenvalue weighted by molar-refractivity contribution is -0.144. The second-order valence-corrected chi connectivity index (χ2v) is 8.53. The predicted molar refractivity (Wildman–Crippen MR) is 104 cm³/mol. The van der Waals surface area contributed by atoms with Gasteiger partial charge >= 0.3 is 13.4 Å². The molecule has 31 heavy (non-hydrogen) atoms. The molecule has 0 saturated carbocycles. The van der Waals surface area contributed by atoms with Crippen LogP contribution < -0.4 is 5.73 Å². The normalized spacial score (nSPS) is 20.8. The first-order chi connectivity index (χ1) is 14.4. The van der Waals surface area contributed by atoms with Crippen LogP contribution in [0.4, 0.5) is 22.1 Å². The molecule has 2 aliphatic rings. The number of aromatic nitrogens is 4. The number of thioether (sulfide) groups is 2. The average Bonchev–Trinajstić information content (AvgIpc) is 3.10. The lowest BCUT2D eigenvalue weighted by atomic mass is 10.1. The highest BCUT2D eigenvalue weighted by Crippen LogP contribution is 2.40. The van der Waals surface area contributed by atoms with E-state index in [1.165, 1.54) is 28.4 Å². The molecule has 0 spiro atoms. The fourth-order valence-electron chi connectivity index (χ4n) is 2.49. The number of nitrogens with two attached hydrogens (primary N) is 1. The molecule has 2 aliphatic heterocycles. The van der Waals surface area contributed by atoms with E-state index in [-0.39, 0.29) is 17.2 Å². The van der Waals surface area contributed by atoms with Crippen LogP contribution in [0.3, 0.4) is 0 Å². The number of carbonyl (C=O) groups excluding carboxylic acids is 1. The van der Waals surface area contributed by atoms with Gasteiger partial charge < -0.3 is 37.7 Å². The minimum Gasteiger partial charge on any atom is -0.449 e. The van der Waals surface area contributed by atoms with Crippen molar-refractivity contribution in [2.75, 3.05) is 32.1 Å². The fraction of sp³-hybridized carbons (Fsp3) is 0.615. The van der Waals surface area contributed by atoms with Gasteiger partial charge in [-0.25, -0.2) is 9.48 Å². The summed E-state index contributed by atoms with van der Waals surface area (Å²) >= 11 is 2.86. The van der Waals surface area contributed by atoms with Crippen molar-refractivity contribution in [3.63, 3.8) is 0 Å². The van der Waals surface area contributed by atoms with Crippen LogP contribution in [0.5, 0.6) is 0 Å². The summed E-state index contributed by atoms with van der Waals surface area (Å²) in [6, 6.07) is -0.625. The van der Waals surface area contributed by atoms with E-state index in [2.05, 4.69) is 15.5 Å². The van der Waals surface area contributed by atoms with Gasteiger partial charge in [0.15, 0.2) is 0 Å². The molecule has 1 aromatic rings. The highest BCUT2D eigenvalue weighted by molar-refractivity contribution is 8.01. The molecular weight excluding hydrogens is 469 g/mol. The maximum Gasteiger partial charge on any atom is 0.673 e. The van der Waals surface area contributed by atoms with E-state index in [0.717, 1.165) is 6.54 Å². The smallest absolute Gasteiger partial charge is 0.449 e. The lowest BCUT2D eigenvalue weighted by Crippen LogP contribution is -2.68. The maximum absolute atomic E-state index is 12.0. The quantitative estimate of drug-likeness (QED) is 0.185. The van der Waals surface area contributed by atoms with Crippen LogP contribution in [0.2, 0.25) is 0 Å². The van der Waals surface area contributed by atoms with Gasteiger partial charge in [0.1, 0.15) is 11.4 Å². The van der Waals surface area contributed by atoms with Crippen molar-refractivity contribution in [2.24, 2.45) is 5.73 Å². The van der Waals surface area contributed by atoms with E-state index in [9.17, 15) is 26.9 Å². The number of carboxylic acid groups (broad SMARTS) is 1. The summed E-state index contributed by atoms with van der Waals surface area (Å²) in [6.45, 7) is 1.42.